The largest absolute Gasteiger partial charge is 0.493 e. The second kappa shape index (κ2) is 12.7. The molecule has 0 saturated carbocycles. The van der Waals surface area contributed by atoms with E-state index in [0.29, 0.717) is 36.4 Å². The Morgan fingerprint density at radius 2 is 2.02 bits per heavy atom. The Labute approximate surface area is 244 Å². The van der Waals surface area contributed by atoms with Gasteiger partial charge in [0.1, 0.15) is 18.0 Å². The molecule has 8 nitrogen and oxygen atoms in total. The molecule has 1 aliphatic carbocycles. The van der Waals surface area contributed by atoms with Gasteiger partial charge in [-0.3, -0.25) is 9.80 Å². The number of likely N-dealkylation sites (tertiary alicyclic amines) is 1. The number of aromatic nitrogens is 2. The van der Waals surface area contributed by atoms with Gasteiger partial charge in [0.25, 0.3) is 0 Å². The highest BCUT2D eigenvalue weighted by Gasteiger charge is 2.39. The molecule has 2 fully saturated rings. The number of hydrogen-bond donors (Lipinski definition) is 1. The number of nitrogens with one attached hydrogen (secondary N) is 1. The Bertz CT molecular complexity index is 1420. The fourth-order valence-corrected chi connectivity index (χ4v) is 6.11. The van der Waals surface area contributed by atoms with Crippen molar-refractivity contribution in [1.29, 1.82) is 0 Å². The van der Waals surface area contributed by atoms with Crippen molar-refractivity contribution >= 4 is 28.3 Å². The topological polar surface area (TPSA) is 72.0 Å². The van der Waals surface area contributed by atoms with Gasteiger partial charge >= 0.3 is 0 Å². The summed E-state index contributed by atoms with van der Waals surface area (Å²) in [5.74, 6) is 1.48. The molecule has 10 heteroatoms. The van der Waals surface area contributed by atoms with Crippen molar-refractivity contribution in [2.75, 3.05) is 51.8 Å². The van der Waals surface area contributed by atoms with Crippen LogP contribution in [-0.4, -0.2) is 84.5 Å². The molecule has 3 aliphatic rings. The summed E-state index contributed by atoms with van der Waals surface area (Å²) >= 11 is 6.04. The van der Waals surface area contributed by atoms with Crippen LogP contribution in [0, 0.1) is 0 Å². The van der Waals surface area contributed by atoms with Crippen molar-refractivity contribution in [1.82, 2.24) is 19.8 Å². The predicted molar refractivity (Wildman–Crippen MR) is 158 cm³/mol. The minimum atomic E-state index is -0.401. The maximum absolute atomic E-state index is 13.7. The number of anilines is 1. The molecule has 216 valence electrons. The molecule has 41 heavy (non-hydrogen) atoms. The Morgan fingerprint density at radius 1 is 1.15 bits per heavy atom. The van der Waals surface area contributed by atoms with E-state index in [9.17, 15) is 4.39 Å². The first kappa shape index (κ1) is 27.9. The molecule has 1 N–H and O–H groups in total. The van der Waals surface area contributed by atoms with E-state index in [0.717, 1.165) is 56.7 Å². The van der Waals surface area contributed by atoms with Gasteiger partial charge in [-0.2, -0.15) is 0 Å². The van der Waals surface area contributed by atoms with Crippen molar-refractivity contribution < 1.29 is 18.6 Å². The van der Waals surface area contributed by atoms with E-state index in [1.54, 1.807) is 13.2 Å². The second-order valence-corrected chi connectivity index (χ2v) is 11.2. The van der Waals surface area contributed by atoms with E-state index in [-0.39, 0.29) is 17.2 Å². The highest BCUT2D eigenvalue weighted by atomic mass is 35.5. The summed E-state index contributed by atoms with van der Waals surface area (Å²) in [6.45, 7) is 6.13. The first-order valence-corrected chi connectivity index (χ1v) is 14.5. The smallest absolute Gasteiger partial charge is 0.162 e. The van der Waals surface area contributed by atoms with Crippen molar-refractivity contribution in [3.63, 3.8) is 0 Å². The van der Waals surface area contributed by atoms with E-state index < -0.39 is 5.83 Å². The lowest BCUT2D eigenvalue weighted by Crippen LogP contribution is -2.50. The molecule has 3 heterocycles. The second-order valence-electron chi connectivity index (χ2n) is 10.7. The van der Waals surface area contributed by atoms with Crippen LogP contribution in [0.3, 0.4) is 0 Å². The first-order valence-electron chi connectivity index (χ1n) is 14.1. The van der Waals surface area contributed by atoms with E-state index >= 15 is 0 Å². The lowest BCUT2D eigenvalue weighted by Gasteiger charge is -2.37. The van der Waals surface area contributed by atoms with Crippen molar-refractivity contribution in [3.05, 3.63) is 77.4 Å². The lowest BCUT2D eigenvalue weighted by molar-refractivity contribution is -0.0504. The molecular weight excluding hydrogens is 545 g/mol. The number of morpholine rings is 1. The van der Waals surface area contributed by atoms with Crippen LogP contribution in [-0.2, 0) is 11.3 Å². The Morgan fingerprint density at radius 3 is 2.85 bits per heavy atom. The predicted octanol–water partition coefficient (Wildman–Crippen LogP) is 5.15. The van der Waals surface area contributed by atoms with Crippen molar-refractivity contribution in [3.8, 4) is 11.5 Å². The van der Waals surface area contributed by atoms with Crippen LogP contribution in [0.2, 0.25) is 0 Å². The summed E-state index contributed by atoms with van der Waals surface area (Å²) < 4.78 is 31.6. The summed E-state index contributed by atoms with van der Waals surface area (Å²) in [5, 5.41) is 4.33. The van der Waals surface area contributed by atoms with Crippen LogP contribution in [0.1, 0.15) is 18.4 Å². The number of ether oxygens (including phenoxy) is 3. The molecule has 0 amide bonds. The molecule has 1 aromatic heterocycles. The zero-order valence-electron chi connectivity index (χ0n) is 23.1. The summed E-state index contributed by atoms with van der Waals surface area (Å²) in [7, 11) is 1.62. The average Bonchev–Trinajstić information content (AvgIpc) is 3.42. The number of fused-ring (bicyclic) bond motifs is 2. The van der Waals surface area contributed by atoms with Crippen molar-refractivity contribution in [2.24, 2.45) is 0 Å². The van der Waals surface area contributed by atoms with Crippen molar-refractivity contribution in [2.45, 2.75) is 37.6 Å². The molecular formula is C31H35ClFN5O3. The Balaban J connectivity index is 1.06. The average molecular weight is 580 g/mol. The highest BCUT2D eigenvalue weighted by molar-refractivity contribution is 6.30. The number of methoxy groups -OCH3 is 1. The SMILES string of the molecule is COc1cc2ncnc(NC3C=CC(F)=C(Cl)C3)c2cc1OCCCN1C[C@H]2OCCN(Cc3ccccc3)[C@H]2C1. The maximum atomic E-state index is 13.7. The minimum Gasteiger partial charge on any atom is -0.493 e. The molecule has 0 bridgehead atoms. The third-order valence-electron chi connectivity index (χ3n) is 7.97. The van der Waals surface area contributed by atoms with Crippen LogP contribution in [0.4, 0.5) is 10.2 Å². The number of nitrogens with zero attached hydrogens (tertiary/aromatic N) is 4. The third-order valence-corrected chi connectivity index (χ3v) is 8.31. The number of halogens is 2. The number of benzene rings is 2. The summed E-state index contributed by atoms with van der Waals surface area (Å²) in [4.78, 5) is 13.9. The molecule has 3 atom stereocenters. The summed E-state index contributed by atoms with van der Waals surface area (Å²) in [6, 6.07) is 14.7. The summed E-state index contributed by atoms with van der Waals surface area (Å²) in [6.07, 6.45) is 6.10. The summed E-state index contributed by atoms with van der Waals surface area (Å²) in [5.41, 5.74) is 2.07. The fraction of sp³-hybridized carbons (Fsp3) is 0.419. The highest BCUT2D eigenvalue weighted by Crippen LogP contribution is 2.35. The maximum Gasteiger partial charge on any atom is 0.162 e. The van der Waals surface area contributed by atoms with Gasteiger partial charge in [-0.15, -0.1) is 0 Å². The van der Waals surface area contributed by atoms with Crippen LogP contribution in [0.15, 0.2) is 71.8 Å². The van der Waals surface area contributed by atoms with Gasteiger partial charge in [0.2, 0.25) is 0 Å². The normalized spacial score (nSPS) is 23.1. The van der Waals surface area contributed by atoms with Gasteiger partial charge in [0, 0.05) is 50.6 Å². The van der Waals surface area contributed by atoms with Gasteiger partial charge in [-0.1, -0.05) is 48.0 Å². The van der Waals surface area contributed by atoms with Gasteiger partial charge in [-0.05, 0) is 24.1 Å². The van der Waals surface area contributed by atoms with Gasteiger partial charge in [0.15, 0.2) is 11.5 Å². The van der Waals surface area contributed by atoms with Crippen LogP contribution < -0.4 is 14.8 Å². The quantitative estimate of drug-likeness (QED) is 0.331. The third kappa shape index (κ3) is 6.48. The monoisotopic (exact) mass is 579 g/mol. The zero-order valence-corrected chi connectivity index (χ0v) is 23.9. The van der Waals surface area contributed by atoms with Gasteiger partial charge < -0.3 is 19.5 Å². The standard InChI is InChI=1S/C31H35ClFN5O3/c1-39-28-16-26-23(31(35-20-34-26)36-22-8-9-25(33)24(32)14-22)15-29(28)40-12-5-10-37-18-27-30(19-37)41-13-11-38(27)17-21-6-3-2-4-7-21/h2-4,6-9,15-16,20,22,27,30H,5,10-14,17-19H2,1H3,(H,34,35,36)/t22?,27-,30+/m0/s1. The van der Waals surface area contributed by atoms with Crippen LogP contribution >= 0.6 is 11.6 Å². The molecule has 2 aliphatic heterocycles. The number of allylic oxidation sites excluding steroid dienone is 2. The van der Waals surface area contributed by atoms with E-state index in [4.69, 9.17) is 25.8 Å². The van der Waals surface area contributed by atoms with Gasteiger partial charge in [0.05, 0.1) is 49.1 Å². The lowest BCUT2D eigenvalue weighted by atomic mass is 10.1. The molecule has 2 aromatic carbocycles. The molecule has 0 radical (unpaired) electrons. The van der Waals surface area contributed by atoms with Gasteiger partial charge in [-0.25, -0.2) is 14.4 Å². The zero-order chi connectivity index (χ0) is 28.2. The van der Waals surface area contributed by atoms with E-state index in [1.165, 1.54) is 18.0 Å². The number of hydrogen-bond acceptors (Lipinski definition) is 8. The Hall–Kier alpha value is -3.24. The van der Waals surface area contributed by atoms with Crippen LogP contribution in [0.25, 0.3) is 10.9 Å². The molecule has 3 aromatic rings. The van der Waals surface area contributed by atoms with E-state index in [2.05, 4.69) is 55.4 Å². The first-order chi connectivity index (χ1) is 20.1. The fourth-order valence-electron chi connectivity index (χ4n) is 5.88. The number of rotatable bonds is 10. The molecule has 6 rings (SSSR count). The van der Waals surface area contributed by atoms with E-state index in [1.807, 2.05) is 12.1 Å². The minimum absolute atomic E-state index is 0.177. The molecule has 0 spiro atoms. The molecule has 2 saturated heterocycles. The Kier molecular flexibility index (Phi) is 8.67. The van der Waals surface area contributed by atoms with Crippen LogP contribution in [0.5, 0.6) is 11.5 Å². The molecule has 1 unspecified atom stereocenters.